The Kier molecular flexibility index (Phi) is 6.75. The summed E-state index contributed by atoms with van der Waals surface area (Å²) in [6.45, 7) is 5.50. The van der Waals surface area contributed by atoms with Gasteiger partial charge in [-0.1, -0.05) is 69.0 Å². The summed E-state index contributed by atoms with van der Waals surface area (Å²) in [6, 6.07) is 8.85. The van der Waals surface area contributed by atoms with Gasteiger partial charge in [0.2, 0.25) is 5.91 Å². The maximum Gasteiger partial charge on any atom is 0.409 e. The van der Waals surface area contributed by atoms with E-state index in [4.69, 9.17) is 0 Å². The van der Waals surface area contributed by atoms with Gasteiger partial charge in [-0.05, 0) is 48.6 Å². The minimum absolute atomic E-state index is 0.00349. The highest BCUT2D eigenvalue weighted by atomic mass is 19.4. The van der Waals surface area contributed by atoms with Crippen molar-refractivity contribution in [1.82, 2.24) is 10.4 Å². The zero-order chi connectivity index (χ0) is 21.9. The summed E-state index contributed by atoms with van der Waals surface area (Å²) < 4.78 is 42.6. The van der Waals surface area contributed by atoms with E-state index in [0.717, 1.165) is 35.2 Å². The lowest BCUT2D eigenvalue weighted by Crippen LogP contribution is -2.43. The number of carbonyl (C=O) groups excluding carboxylic acids is 1. The Morgan fingerprint density at radius 1 is 1.03 bits per heavy atom. The van der Waals surface area contributed by atoms with Gasteiger partial charge in [0.15, 0.2) is 6.04 Å². The predicted octanol–water partition coefficient (Wildman–Crippen LogP) is 6.33. The first kappa shape index (κ1) is 22.6. The average Bonchev–Trinajstić information content (AvgIpc) is 2.94. The average molecular weight is 421 g/mol. The molecule has 3 rings (SSSR count). The van der Waals surface area contributed by atoms with Crippen molar-refractivity contribution in [2.24, 2.45) is 5.41 Å². The molecule has 1 atom stereocenters. The predicted molar refractivity (Wildman–Crippen MR) is 114 cm³/mol. The largest absolute Gasteiger partial charge is 0.409 e. The van der Waals surface area contributed by atoms with Crippen LogP contribution in [0, 0.1) is 5.41 Å². The van der Waals surface area contributed by atoms with Crippen molar-refractivity contribution < 1.29 is 18.0 Å². The van der Waals surface area contributed by atoms with Gasteiger partial charge >= 0.3 is 6.18 Å². The number of hydrogen-bond donors (Lipinski definition) is 1. The van der Waals surface area contributed by atoms with Crippen LogP contribution >= 0.6 is 0 Å². The van der Waals surface area contributed by atoms with Crippen molar-refractivity contribution in [1.29, 1.82) is 0 Å². The van der Waals surface area contributed by atoms with Crippen molar-refractivity contribution in [2.45, 2.75) is 71.5 Å². The fourth-order valence-corrected chi connectivity index (χ4v) is 4.26. The van der Waals surface area contributed by atoms with E-state index in [9.17, 15) is 18.0 Å². The van der Waals surface area contributed by atoms with E-state index in [2.05, 4.69) is 12.3 Å². The molecule has 2 aromatic rings. The molecule has 2 aromatic carbocycles. The van der Waals surface area contributed by atoms with Gasteiger partial charge in [-0.15, -0.1) is 0 Å². The summed E-state index contributed by atoms with van der Waals surface area (Å²) in [7, 11) is 0. The molecule has 1 unspecified atom stereocenters. The Balaban J connectivity index is 1.95. The summed E-state index contributed by atoms with van der Waals surface area (Å²) in [5.74, 6) is -0.384. The number of hydrazine groups is 1. The first-order chi connectivity index (χ1) is 14.1. The molecule has 1 heterocycles. The Hall–Kier alpha value is -2.08. The molecule has 30 heavy (non-hydrogen) atoms. The Bertz CT molecular complexity index is 892. The van der Waals surface area contributed by atoms with Gasteiger partial charge in [-0.2, -0.15) is 13.2 Å². The van der Waals surface area contributed by atoms with Crippen molar-refractivity contribution in [2.75, 3.05) is 6.54 Å². The minimum Gasteiger partial charge on any atom is -0.287 e. The van der Waals surface area contributed by atoms with E-state index in [1.807, 2.05) is 18.2 Å². The van der Waals surface area contributed by atoms with E-state index in [-0.39, 0.29) is 18.0 Å². The molecule has 6 heteroatoms. The normalized spacial score (nSPS) is 18.0. The molecule has 1 fully saturated rings. The monoisotopic (exact) mass is 420 g/mol. The number of nitrogens with zero attached hydrogens (tertiary/aromatic N) is 1. The van der Waals surface area contributed by atoms with Crippen LogP contribution in [0.15, 0.2) is 36.4 Å². The maximum atomic E-state index is 14.2. The second-order valence-electron chi connectivity index (χ2n) is 8.92. The van der Waals surface area contributed by atoms with Crippen LogP contribution in [-0.4, -0.2) is 23.6 Å². The molecule has 0 aliphatic carbocycles. The van der Waals surface area contributed by atoms with E-state index in [0.29, 0.717) is 5.39 Å². The number of halogens is 3. The van der Waals surface area contributed by atoms with Gasteiger partial charge in [0.25, 0.3) is 0 Å². The number of aryl methyl sites for hydroxylation is 1. The molecule has 1 amide bonds. The van der Waals surface area contributed by atoms with E-state index in [1.165, 1.54) is 19.3 Å². The number of unbranched alkanes of at least 4 members (excludes halogenated alkanes) is 4. The zero-order valence-electron chi connectivity index (χ0n) is 18.0. The van der Waals surface area contributed by atoms with Gasteiger partial charge in [0.1, 0.15) is 0 Å². The molecular weight excluding hydrogens is 389 g/mol. The molecule has 0 saturated carbocycles. The number of nitrogens with one attached hydrogen (secondary N) is 1. The summed E-state index contributed by atoms with van der Waals surface area (Å²) in [4.78, 5) is 12.2. The summed E-state index contributed by atoms with van der Waals surface area (Å²) in [5.41, 5.74) is 2.86. The Morgan fingerprint density at radius 2 is 1.70 bits per heavy atom. The van der Waals surface area contributed by atoms with Gasteiger partial charge in [-0.25, -0.2) is 5.01 Å². The molecule has 1 aliphatic rings. The zero-order valence-corrected chi connectivity index (χ0v) is 18.0. The van der Waals surface area contributed by atoms with Crippen LogP contribution in [0.1, 0.15) is 70.0 Å². The lowest BCUT2D eigenvalue weighted by molar-refractivity contribution is -0.191. The van der Waals surface area contributed by atoms with Crippen molar-refractivity contribution >= 4 is 16.7 Å². The highest BCUT2D eigenvalue weighted by molar-refractivity contribution is 5.89. The van der Waals surface area contributed by atoms with Crippen LogP contribution in [0.5, 0.6) is 0 Å². The van der Waals surface area contributed by atoms with E-state index < -0.39 is 17.6 Å². The number of alkyl halides is 3. The molecule has 1 aliphatic heterocycles. The summed E-state index contributed by atoms with van der Waals surface area (Å²) in [6.07, 6.45) is 2.08. The molecule has 1 saturated heterocycles. The first-order valence-corrected chi connectivity index (χ1v) is 10.8. The third-order valence-corrected chi connectivity index (χ3v) is 5.94. The molecule has 0 bridgehead atoms. The van der Waals surface area contributed by atoms with Crippen LogP contribution in [0.25, 0.3) is 10.8 Å². The molecular formula is C24H31F3N2O. The molecule has 0 radical (unpaired) electrons. The summed E-state index contributed by atoms with van der Waals surface area (Å²) >= 11 is 0. The summed E-state index contributed by atoms with van der Waals surface area (Å²) in [5, 5.41) is 2.52. The van der Waals surface area contributed by atoms with Gasteiger partial charge in [0, 0.05) is 6.54 Å². The quantitative estimate of drug-likeness (QED) is 0.506. The number of fused-ring (bicyclic) bond motifs is 1. The molecule has 1 N–H and O–H groups in total. The fraction of sp³-hybridized carbons (Fsp3) is 0.542. The molecule has 3 nitrogen and oxygen atoms in total. The third kappa shape index (κ3) is 4.80. The minimum atomic E-state index is -4.52. The number of rotatable bonds is 8. The lowest BCUT2D eigenvalue weighted by atomic mass is 9.91. The SMILES string of the molecule is CCCCCCCc1ccc(C(N2CC(C)(C)C(=O)N2)C(F)(F)F)c2ccccc12. The van der Waals surface area contributed by atoms with Crippen LogP contribution in [0.4, 0.5) is 13.2 Å². The maximum absolute atomic E-state index is 14.2. The van der Waals surface area contributed by atoms with E-state index >= 15 is 0 Å². The standard InChI is InChI=1S/C24H31F3N2O/c1-4-5-6-7-8-11-17-14-15-20(19-13-10-9-12-18(17)19)21(24(25,26)27)29-16-23(2,3)22(30)28-29/h9-10,12-15,21H,4-8,11,16H2,1-3H3,(H,28,30). The van der Waals surface area contributed by atoms with Crippen LogP contribution in [-0.2, 0) is 11.2 Å². The number of amides is 1. The molecule has 0 aromatic heterocycles. The second kappa shape index (κ2) is 8.96. The number of carbonyl (C=O) groups is 1. The smallest absolute Gasteiger partial charge is 0.287 e. The Labute approximate surface area is 176 Å². The van der Waals surface area contributed by atoms with Crippen molar-refractivity contribution in [3.05, 3.63) is 47.5 Å². The first-order valence-electron chi connectivity index (χ1n) is 10.8. The van der Waals surface area contributed by atoms with Crippen LogP contribution in [0.2, 0.25) is 0 Å². The molecule has 164 valence electrons. The number of hydrogen-bond acceptors (Lipinski definition) is 2. The molecule has 0 spiro atoms. The number of benzene rings is 2. The van der Waals surface area contributed by atoms with Crippen LogP contribution < -0.4 is 5.43 Å². The second-order valence-corrected chi connectivity index (χ2v) is 8.92. The highest BCUT2D eigenvalue weighted by Crippen LogP contribution is 2.43. The Morgan fingerprint density at radius 3 is 2.30 bits per heavy atom. The fourth-order valence-electron chi connectivity index (χ4n) is 4.26. The topological polar surface area (TPSA) is 32.3 Å². The van der Waals surface area contributed by atoms with Crippen molar-refractivity contribution in [3.8, 4) is 0 Å². The highest BCUT2D eigenvalue weighted by Gasteiger charge is 2.51. The van der Waals surface area contributed by atoms with Crippen molar-refractivity contribution in [3.63, 3.8) is 0 Å². The van der Waals surface area contributed by atoms with Gasteiger partial charge < -0.3 is 0 Å². The van der Waals surface area contributed by atoms with E-state index in [1.54, 1.807) is 32.0 Å². The van der Waals surface area contributed by atoms with Gasteiger partial charge in [0.05, 0.1) is 5.41 Å². The van der Waals surface area contributed by atoms with Gasteiger partial charge in [-0.3, -0.25) is 10.2 Å². The lowest BCUT2D eigenvalue weighted by Gasteiger charge is -2.31. The third-order valence-electron chi connectivity index (χ3n) is 5.94. The van der Waals surface area contributed by atoms with Crippen LogP contribution in [0.3, 0.4) is 0 Å².